The number of amides is 1. The maximum absolute atomic E-state index is 13.5. The van der Waals surface area contributed by atoms with Crippen LogP contribution in [-0.2, 0) is 12.8 Å². The molecule has 2 aromatic rings. The first-order chi connectivity index (χ1) is 10.0. The van der Waals surface area contributed by atoms with E-state index in [9.17, 15) is 9.18 Å². The highest BCUT2D eigenvalue weighted by Crippen LogP contribution is 2.28. The molecule has 1 heterocycles. The van der Waals surface area contributed by atoms with E-state index >= 15 is 0 Å². The van der Waals surface area contributed by atoms with Gasteiger partial charge in [0.1, 0.15) is 11.6 Å². The predicted octanol–water partition coefficient (Wildman–Crippen LogP) is 3.50. The molecule has 3 rings (SSSR count). The first-order valence-electron chi connectivity index (χ1n) is 7.09. The summed E-state index contributed by atoms with van der Waals surface area (Å²) in [7, 11) is 0. The Morgan fingerprint density at radius 1 is 1.48 bits per heavy atom. The highest BCUT2D eigenvalue weighted by atomic mass is 19.1. The molecule has 0 bridgehead atoms. The van der Waals surface area contributed by atoms with Gasteiger partial charge >= 0.3 is 0 Å². The quantitative estimate of drug-likeness (QED) is 0.920. The monoisotopic (exact) mass is 288 g/mol. The number of carbonyl (C=O) groups excluding carboxylic acids is 1. The van der Waals surface area contributed by atoms with E-state index in [-0.39, 0.29) is 11.7 Å². The van der Waals surface area contributed by atoms with Crippen molar-refractivity contribution in [2.24, 2.45) is 5.92 Å². The summed E-state index contributed by atoms with van der Waals surface area (Å²) in [4.78, 5) is 12.3. The topological polar surface area (TPSA) is 55.1 Å². The van der Waals surface area contributed by atoms with E-state index in [1.54, 1.807) is 19.1 Å². The fourth-order valence-corrected chi connectivity index (χ4v) is 2.62. The van der Waals surface area contributed by atoms with Crippen molar-refractivity contribution in [3.8, 4) is 0 Å². The molecule has 1 aromatic carbocycles. The summed E-state index contributed by atoms with van der Waals surface area (Å²) in [5.41, 5.74) is 2.17. The Morgan fingerprint density at radius 3 is 3.05 bits per heavy atom. The van der Waals surface area contributed by atoms with E-state index in [0.717, 1.165) is 30.6 Å². The van der Waals surface area contributed by atoms with Crippen LogP contribution in [0.25, 0.3) is 0 Å². The number of aromatic nitrogens is 1. The summed E-state index contributed by atoms with van der Waals surface area (Å²) in [6.45, 7) is 3.82. The first kappa shape index (κ1) is 13.8. The zero-order valence-electron chi connectivity index (χ0n) is 12.1. The number of nitrogens with zero attached hydrogens (tertiary/aromatic N) is 1. The maximum atomic E-state index is 13.5. The molecule has 0 fully saturated rings. The summed E-state index contributed by atoms with van der Waals surface area (Å²) >= 11 is 0. The molecule has 21 heavy (non-hydrogen) atoms. The third-order valence-corrected chi connectivity index (χ3v) is 3.93. The SMILES string of the molecule is Cc1ccc(NC(=O)c2noc3c2CC(C)CC3)cc1F. The van der Waals surface area contributed by atoms with Gasteiger partial charge in [-0.15, -0.1) is 0 Å². The number of benzene rings is 1. The van der Waals surface area contributed by atoms with Gasteiger partial charge in [-0.05, 0) is 43.4 Å². The summed E-state index contributed by atoms with van der Waals surface area (Å²) in [5.74, 6) is 0.620. The van der Waals surface area contributed by atoms with Crippen molar-refractivity contribution in [2.45, 2.75) is 33.1 Å². The van der Waals surface area contributed by atoms with E-state index in [2.05, 4.69) is 17.4 Å². The maximum Gasteiger partial charge on any atom is 0.278 e. The number of hydrogen-bond donors (Lipinski definition) is 1. The van der Waals surface area contributed by atoms with Gasteiger partial charge in [0.25, 0.3) is 5.91 Å². The first-order valence-corrected chi connectivity index (χ1v) is 7.09. The standard InChI is InChI=1S/C16H17FN2O2/c1-9-3-6-14-12(7-9)15(19-21-14)16(20)18-11-5-4-10(2)13(17)8-11/h4-5,8-9H,3,6-7H2,1-2H3,(H,18,20). The van der Waals surface area contributed by atoms with Gasteiger partial charge in [-0.25, -0.2) is 4.39 Å². The molecule has 0 aliphatic heterocycles. The number of rotatable bonds is 2. The molecule has 1 aromatic heterocycles. The highest BCUT2D eigenvalue weighted by molar-refractivity contribution is 6.03. The van der Waals surface area contributed by atoms with Crippen LogP contribution in [0.15, 0.2) is 22.7 Å². The molecule has 0 saturated carbocycles. The molecule has 1 aliphatic rings. The minimum absolute atomic E-state index is 0.317. The Labute approximate surface area is 122 Å². The lowest BCUT2D eigenvalue weighted by atomic mass is 9.88. The highest BCUT2D eigenvalue weighted by Gasteiger charge is 2.26. The minimum atomic E-state index is -0.350. The lowest BCUT2D eigenvalue weighted by Crippen LogP contribution is -2.18. The van der Waals surface area contributed by atoms with Gasteiger partial charge in [-0.3, -0.25) is 4.79 Å². The molecule has 0 radical (unpaired) electrons. The Kier molecular flexibility index (Phi) is 3.49. The second-order valence-corrected chi connectivity index (χ2v) is 5.70. The third kappa shape index (κ3) is 2.68. The van der Waals surface area contributed by atoms with Gasteiger partial charge < -0.3 is 9.84 Å². The molecular formula is C16H17FN2O2. The van der Waals surface area contributed by atoms with Crippen molar-refractivity contribution >= 4 is 11.6 Å². The number of fused-ring (bicyclic) bond motifs is 1. The molecule has 1 N–H and O–H groups in total. The smallest absolute Gasteiger partial charge is 0.278 e. The Balaban J connectivity index is 1.83. The fraction of sp³-hybridized carbons (Fsp3) is 0.375. The van der Waals surface area contributed by atoms with Crippen molar-refractivity contribution in [3.05, 3.63) is 46.6 Å². The van der Waals surface area contributed by atoms with Crippen molar-refractivity contribution in [1.82, 2.24) is 5.16 Å². The second-order valence-electron chi connectivity index (χ2n) is 5.70. The van der Waals surface area contributed by atoms with Crippen LogP contribution in [0.2, 0.25) is 0 Å². The zero-order chi connectivity index (χ0) is 15.0. The molecule has 1 unspecified atom stereocenters. The fourth-order valence-electron chi connectivity index (χ4n) is 2.62. The summed E-state index contributed by atoms with van der Waals surface area (Å²) in [6, 6.07) is 4.61. The van der Waals surface area contributed by atoms with Gasteiger partial charge in [-0.2, -0.15) is 0 Å². The van der Waals surface area contributed by atoms with E-state index < -0.39 is 0 Å². The molecular weight excluding hydrogens is 271 g/mol. The van der Waals surface area contributed by atoms with Crippen molar-refractivity contribution in [2.75, 3.05) is 5.32 Å². The van der Waals surface area contributed by atoms with E-state index in [1.807, 2.05) is 0 Å². The van der Waals surface area contributed by atoms with Gasteiger partial charge in [0, 0.05) is 17.7 Å². The molecule has 4 nitrogen and oxygen atoms in total. The summed E-state index contributed by atoms with van der Waals surface area (Å²) in [5, 5.41) is 6.56. The van der Waals surface area contributed by atoms with E-state index in [0.29, 0.717) is 22.9 Å². The molecule has 0 spiro atoms. The Morgan fingerprint density at radius 2 is 2.29 bits per heavy atom. The Hall–Kier alpha value is -2.17. The van der Waals surface area contributed by atoms with Crippen molar-refractivity contribution in [3.63, 3.8) is 0 Å². The predicted molar refractivity (Wildman–Crippen MR) is 76.8 cm³/mol. The van der Waals surface area contributed by atoms with Gasteiger partial charge in [0.2, 0.25) is 0 Å². The number of nitrogens with one attached hydrogen (secondary N) is 1. The van der Waals surface area contributed by atoms with E-state index in [4.69, 9.17) is 4.52 Å². The molecule has 1 amide bonds. The number of halogens is 1. The van der Waals surface area contributed by atoms with Crippen LogP contribution in [0, 0.1) is 18.7 Å². The minimum Gasteiger partial charge on any atom is -0.360 e. The van der Waals surface area contributed by atoms with Gasteiger partial charge in [0.05, 0.1) is 0 Å². The van der Waals surface area contributed by atoms with Crippen LogP contribution >= 0.6 is 0 Å². The Bertz CT molecular complexity index is 694. The van der Waals surface area contributed by atoms with Crippen LogP contribution in [0.5, 0.6) is 0 Å². The lowest BCUT2D eigenvalue weighted by molar-refractivity contribution is 0.101. The summed E-state index contributed by atoms with van der Waals surface area (Å²) < 4.78 is 18.8. The molecule has 1 atom stereocenters. The molecule has 1 aliphatic carbocycles. The van der Waals surface area contributed by atoms with Crippen LogP contribution in [0.4, 0.5) is 10.1 Å². The third-order valence-electron chi connectivity index (χ3n) is 3.93. The van der Waals surface area contributed by atoms with E-state index in [1.165, 1.54) is 6.07 Å². The lowest BCUT2D eigenvalue weighted by Gasteiger charge is -2.16. The molecule has 0 saturated heterocycles. The average molecular weight is 288 g/mol. The van der Waals surface area contributed by atoms with Crippen LogP contribution in [-0.4, -0.2) is 11.1 Å². The normalized spacial score (nSPS) is 17.4. The van der Waals surface area contributed by atoms with Crippen LogP contribution in [0.1, 0.15) is 40.7 Å². The van der Waals surface area contributed by atoms with Crippen molar-refractivity contribution < 1.29 is 13.7 Å². The largest absolute Gasteiger partial charge is 0.360 e. The van der Waals surface area contributed by atoms with Gasteiger partial charge in [-0.1, -0.05) is 18.1 Å². The molecule has 110 valence electrons. The van der Waals surface area contributed by atoms with Crippen LogP contribution in [0.3, 0.4) is 0 Å². The summed E-state index contributed by atoms with van der Waals surface area (Å²) in [6.07, 6.45) is 2.66. The van der Waals surface area contributed by atoms with Crippen LogP contribution < -0.4 is 5.32 Å². The van der Waals surface area contributed by atoms with Crippen molar-refractivity contribution in [1.29, 1.82) is 0 Å². The average Bonchev–Trinajstić information content (AvgIpc) is 2.86. The zero-order valence-corrected chi connectivity index (χ0v) is 12.1. The van der Waals surface area contributed by atoms with Gasteiger partial charge in [0.15, 0.2) is 5.69 Å². The number of hydrogen-bond acceptors (Lipinski definition) is 3. The second kappa shape index (κ2) is 5.31. The number of carbonyl (C=O) groups is 1. The number of anilines is 1. The molecule has 5 heteroatoms. The number of aryl methyl sites for hydroxylation is 2.